The predicted octanol–water partition coefficient (Wildman–Crippen LogP) is 4.54. The first-order valence-electron chi connectivity index (χ1n) is 10.1. The number of nitrogens with zero attached hydrogens (tertiary/aromatic N) is 2. The van der Waals surface area contributed by atoms with Crippen LogP contribution in [0.2, 0.25) is 0 Å². The van der Waals surface area contributed by atoms with Gasteiger partial charge in [-0.25, -0.2) is 0 Å². The van der Waals surface area contributed by atoms with Crippen molar-refractivity contribution in [1.29, 1.82) is 0 Å². The molecule has 0 radical (unpaired) electrons. The van der Waals surface area contributed by atoms with Crippen molar-refractivity contribution in [3.8, 4) is 5.75 Å². The van der Waals surface area contributed by atoms with E-state index in [9.17, 15) is 0 Å². The van der Waals surface area contributed by atoms with Gasteiger partial charge in [0, 0.05) is 12.0 Å². The molecule has 31 heavy (non-hydrogen) atoms. The summed E-state index contributed by atoms with van der Waals surface area (Å²) >= 11 is 0. The normalized spacial score (nSPS) is 13.2. The van der Waals surface area contributed by atoms with Crippen molar-refractivity contribution in [3.63, 3.8) is 0 Å². The highest BCUT2D eigenvalue weighted by molar-refractivity contribution is 5.97. The van der Waals surface area contributed by atoms with Gasteiger partial charge < -0.3 is 16.3 Å². The summed E-state index contributed by atoms with van der Waals surface area (Å²) in [6.07, 6.45) is 13.2. The summed E-state index contributed by atoms with van der Waals surface area (Å²) in [6.45, 7) is 0.442. The monoisotopic (exact) mass is 408 g/mol. The van der Waals surface area contributed by atoms with Gasteiger partial charge in [-0.05, 0) is 34.9 Å². The number of aromatic nitrogens is 1. The third-order valence-corrected chi connectivity index (χ3v) is 4.98. The molecule has 1 aliphatic rings. The van der Waals surface area contributed by atoms with Crippen LogP contribution >= 0.6 is 0 Å². The Morgan fingerprint density at radius 1 is 0.935 bits per heavy atom. The zero-order valence-electron chi connectivity index (χ0n) is 17.1. The second-order valence-electron chi connectivity index (χ2n) is 7.16. The summed E-state index contributed by atoms with van der Waals surface area (Å²) in [6, 6.07) is 19.8. The fourth-order valence-electron chi connectivity index (χ4n) is 3.23. The van der Waals surface area contributed by atoms with Crippen LogP contribution in [0.15, 0.2) is 84.0 Å². The van der Waals surface area contributed by atoms with Gasteiger partial charge in [-0.3, -0.25) is 4.98 Å². The van der Waals surface area contributed by atoms with Crippen molar-refractivity contribution >= 4 is 24.1 Å². The number of pyridine rings is 1. The van der Waals surface area contributed by atoms with Gasteiger partial charge in [0.25, 0.3) is 0 Å². The molecule has 0 spiro atoms. The Bertz CT molecular complexity index is 1160. The lowest BCUT2D eigenvalue weighted by Gasteiger charge is -2.09. The van der Waals surface area contributed by atoms with Crippen molar-refractivity contribution in [2.75, 3.05) is 0 Å². The Kier molecular flexibility index (Phi) is 6.24. The summed E-state index contributed by atoms with van der Waals surface area (Å²) in [5.41, 5.74) is 11.8. The average molecular weight is 409 g/mol. The molecule has 154 valence electrons. The lowest BCUT2D eigenvalue weighted by molar-refractivity contribution is 0.301. The molecule has 0 unspecified atom stereocenters. The van der Waals surface area contributed by atoms with Crippen LogP contribution in [0.5, 0.6) is 5.75 Å². The molecular formula is C26H24N4O. The number of amidine groups is 1. The summed E-state index contributed by atoms with van der Waals surface area (Å²) in [7, 11) is 0. The second kappa shape index (κ2) is 9.59. The maximum absolute atomic E-state index is 5.92. The minimum absolute atomic E-state index is 0.320. The van der Waals surface area contributed by atoms with Crippen molar-refractivity contribution < 1.29 is 4.74 Å². The summed E-state index contributed by atoms with van der Waals surface area (Å²) in [5, 5.41) is 3.50. The van der Waals surface area contributed by atoms with Crippen molar-refractivity contribution in [2.24, 2.45) is 16.7 Å². The van der Waals surface area contributed by atoms with Gasteiger partial charge in [0.05, 0.1) is 11.4 Å². The van der Waals surface area contributed by atoms with Crippen LogP contribution in [0.1, 0.15) is 33.6 Å². The zero-order valence-corrected chi connectivity index (χ0v) is 17.1. The Morgan fingerprint density at radius 3 is 2.35 bits per heavy atom. The molecule has 1 aliphatic carbocycles. The van der Waals surface area contributed by atoms with Crippen LogP contribution in [-0.2, 0) is 13.0 Å². The molecule has 5 nitrogen and oxygen atoms in total. The number of ether oxygens (including phenoxy) is 1. The van der Waals surface area contributed by atoms with E-state index in [0.717, 1.165) is 45.8 Å². The lowest BCUT2D eigenvalue weighted by atomic mass is 10.1. The average Bonchev–Trinajstić information content (AvgIpc) is 3.07. The molecule has 0 fully saturated rings. The van der Waals surface area contributed by atoms with Crippen LogP contribution in [0.4, 0.5) is 0 Å². The van der Waals surface area contributed by atoms with Gasteiger partial charge in [-0.2, -0.15) is 5.10 Å². The van der Waals surface area contributed by atoms with Crippen LogP contribution in [0.25, 0.3) is 18.2 Å². The molecule has 0 saturated heterocycles. The molecule has 3 aromatic rings. The van der Waals surface area contributed by atoms with E-state index in [4.69, 9.17) is 21.3 Å². The Morgan fingerprint density at radius 2 is 1.65 bits per heavy atom. The Balaban J connectivity index is 1.35. The Labute approximate surface area is 182 Å². The molecule has 0 atom stereocenters. The first-order valence-corrected chi connectivity index (χ1v) is 10.1. The van der Waals surface area contributed by atoms with Crippen LogP contribution < -0.4 is 16.3 Å². The highest BCUT2D eigenvalue weighted by atomic mass is 16.5. The van der Waals surface area contributed by atoms with Crippen molar-refractivity contribution in [1.82, 2.24) is 4.98 Å². The molecular weight excluding hydrogens is 384 g/mol. The van der Waals surface area contributed by atoms with Crippen LogP contribution in [0, 0.1) is 0 Å². The first-order chi connectivity index (χ1) is 15.2. The molecule has 0 amide bonds. The van der Waals surface area contributed by atoms with E-state index in [-0.39, 0.29) is 0 Å². The minimum atomic E-state index is 0.320. The zero-order chi connectivity index (χ0) is 21.5. The van der Waals surface area contributed by atoms with Crippen molar-refractivity contribution in [3.05, 3.63) is 113 Å². The van der Waals surface area contributed by atoms with Gasteiger partial charge in [0.2, 0.25) is 0 Å². The number of rotatable bonds is 6. The fourth-order valence-corrected chi connectivity index (χ4v) is 3.23. The maximum atomic E-state index is 5.92. The predicted molar refractivity (Wildman–Crippen MR) is 127 cm³/mol. The topological polar surface area (TPSA) is 86.5 Å². The molecule has 4 N–H and O–H groups in total. The maximum Gasteiger partial charge on any atom is 0.150 e. The van der Waals surface area contributed by atoms with Crippen LogP contribution in [-0.4, -0.2) is 10.8 Å². The standard InChI is InChI=1S/C26H24N4O/c27-26(30-28)22-12-8-19(9-13-22)6-7-20-10-16-24(17-11-20)31-18-23-15-14-21-4-2-1-3-5-25(21)29-23/h1-4,6-17H,5,18,28H2,(H2,27,30)/b7-6+. The third-order valence-electron chi connectivity index (χ3n) is 4.98. The van der Waals surface area contributed by atoms with E-state index in [1.54, 1.807) is 0 Å². The fraction of sp³-hybridized carbons (Fsp3) is 0.0769. The highest BCUT2D eigenvalue weighted by Crippen LogP contribution is 2.18. The SMILES string of the molecule is N/N=C(\N)c1ccc(/C=C/c2ccc(OCc3ccc4c(n3)CC=CC=C4)cc2)cc1. The molecule has 2 aromatic carbocycles. The highest BCUT2D eigenvalue weighted by Gasteiger charge is 2.05. The van der Waals surface area contributed by atoms with E-state index in [1.807, 2.05) is 72.8 Å². The quantitative estimate of drug-likeness (QED) is 0.206. The van der Waals surface area contributed by atoms with E-state index in [1.165, 1.54) is 0 Å². The lowest BCUT2D eigenvalue weighted by Crippen LogP contribution is -2.15. The number of hydrogen-bond acceptors (Lipinski definition) is 4. The summed E-state index contributed by atoms with van der Waals surface area (Å²) in [4.78, 5) is 4.73. The molecule has 0 saturated carbocycles. The molecule has 1 heterocycles. The molecule has 4 rings (SSSR count). The second-order valence-corrected chi connectivity index (χ2v) is 7.16. The number of allylic oxidation sites excluding steroid dienone is 3. The summed E-state index contributed by atoms with van der Waals surface area (Å²) < 4.78 is 5.92. The Hall–Kier alpha value is -4.12. The van der Waals surface area contributed by atoms with Gasteiger partial charge in [0.15, 0.2) is 0 Å². The number of hydrogen-bond donors (Lipinski definition) is 2. The molecule has 5 heteroatoms. The smallest absolute Gasteiger partial charge is 0.150 e. The van der Waals surface area contributed by atoms with Gasteiger partial charge in [-0.1, -0.05) is 78.9 Å². The van der Waals surface area contributed by atoms with Crippen LogP contribution in [0.3, 0.4) is 0 Å². The van der Waals surface area contributed by atoms with Crippen molar-refractivity contribution in [2.45, 2.75) is 13.0 Å². The van der Waals surface area contributed by atoms with Gasteiger partial charge in [0.1, 0.15) is 18.2 Å². The first kappa shape index (κ1) is 20.2. The largest absolute Gasteiger partial charge is 0.487 e. The van der Waals surface area contributed by atoms with E-state index < -0.39 is 0 Å². The van der Waals surface area contributed by atoms with Gasteiger partial charge >= 0.3 is 0 Å². The number of benzene rings is 2. The molecule has 1 aromatic heterocycles. The van der Waals surface area contributed by atoms with Gasteiger partial charge in [-0.15, -0.1) is 0 Å². The van der Waals surface area contributed by atoms with E-state index in [2.05, 4.69) is 29.4 Å². The van der Waals surface area contributed by atoms with E-state index in [0.29, 0.717) is 12.4 Å². The number of hydrazone groups is 1. The molecule has 0 bridgehead atoms. The van der Waals surface area contributed by atoms with E-state index >= 15 is 0 Å². The number of nitrogens with two attached hydrogens (primary N) is 2. The summed E-state index contributed by atoms with van der Waals surface area (Å²) in [5.74, 6) is 6.34. The molecule has 0 aliphatic heterocycles. The third kappa shape index (κ3) is 5.28. The number of fused-ring (bicyclic) bond motifs is 1. The minimum Gasteiger partial charge on any atom is -0.487 e.